The van der Waals surface area contributed by atoms with Gasteiger partial charge in [-0.15, -0.1) is 0 Å². The molecule has 136 valence electrons. The molecular weight excluding hydrogens is 314 g/mol. The van der Waals surface area contributed by atoms with E-state index in [0.29, 0.717) is 23.5 Å². The number of hydrogen-bond acceptors (Lipinski definition) is 4. The molecule has 2 unspecified atom stereocenters. The molecular formula is C21H29NO3. The number of fused-ring (bicyclic) bond motifs is 2. The summed E-state index contributed by atoms with van der Waals surface area (Å²) in [5.41, 5.74) is -0.213. The molecule has 0 heterocycles. The highest BCUT2D eigenvalue weighted by Crippen LogP contribution is 2.63. The van der Waals surface area contributed by atoms with Crippen molar-refractivity contribution in [2.75, 3.05) is 0 Å². The molecule has 25 heavy (non-hydrogen) atoms. The SMILES string of the molecule is CC12CCC(C(=NOC(=O)C34CC5CC(CC(C5)C3)C4)C1=O)C2(C)C. The van der Waals surface area contributed by atoms with Crippen LogP contribution in [0, 0.1) is 39.9 Å². The van der Waals surface area contributed by atoms with Crippen LogP contribution in [0.2, 0.25) is 0 Å². The molecule has 6 aliphatic carbocycles. The van der Waals surface area contributed by atoms with Crippen LogP contribution >= 0.6 is 0 Å². The molecule has 0 amide bonds. The standard InChI is InChI=1S/C21H29NO3/c1-19(2)15-4-5-20(19,3)17(23)16(15)22-25-18(24)21-9-12-6-13(10-21)8-14(7-12)11-21/h12-15H,4-11H2,1-3H3. The van der Waals surface area contributed by atoms with Crippen LogP contribution in [0.1, 0.15) is 72.1 Å². The van der Waals surface area contributed by atoms with Gasteiger partial charge < -0.3 is 4.84 Å². The van der Waals surface area contributed by atoms with Crippen molar-refractivity contribution in [1.29, 1.82) is 0 Å². The van der Waals surface area contributed by atoms with Crippen molar-refractivity contribution in [3.05, 3.63) is 0 Å². The van der Waals surface area contributed by atoms with Crippen LogP contribution in [0.5, 0.6) is 0 Å². The molecule has 2 atom stereocenters. The van der Waals surface area contributed by atoms with Crippen LogP contribution in [-0.2, 0) is 14.4 Å². The Bertz CT molecular complexity index is 656. The van der Waals surface area contributed by atoms with Crippen LogP contribution < -0.4 is 0 Å². The van der Waals surface area contributed by atoms with Crippen LogP contribution in [0.25, 0.3) is 0 Å². The Balaban J connectivity index is 1.38. The van der Waals surface area contributed by atoms with Crippen molar-refractivity contribution in [3.8, 4) is 0 Å². The number of rotatable bonds is 2. The average molecular weight is 343 g/mol. The fourth-order valence-corrected chi connectivity index (χ4v) is 7.48. The van der Waals surface area contributed by atoms with Gasteiger partial charge >= 0.3 is 5.97 Å². The maximum absolute atomic E-state index is 13.0. The maximum atomic E-state index is 13.0. The van der Waals surface area contributed by atoms with Crippen molar-refractivity contribution in [2.24, 2.45) is 45.1 Å². The largest absolute Gasteiger partial charge is 0.341 e. The van der Waals surface area contributed by atoms with E-state index in [0.717, 1.165) is 32.1 Å². The quantitative estimate of drug-likeness (QED) is 0.559. The summed E-state index contributed by atoms with van der Waals surface area (Å²) in [6, 6.07) is 0. The number of Topliss-reactive ketones (excluding diaryl/α,β-unsaturated/α-hetero) is 1. The molecule has 4 nitrogen and oxygen atoms in total. The first-order chi connectivity index (χ1) is 11.8. The fraction of sp³-hybridized carbons (Fsp3) is 0.857. The molecule has 6 saturated carbocycles. The zero-order chi connectivity index (χ0) is 17.6. The summed E-state index contributed by atoms with van der Waals surface area (Å²) < 4.78 is 0. The third kappa shape index (κ3) is 1.92. The van der Waals surface area contributed by atoms with E-state index in [2.05, 4.69) is 25.9 Å². The summed E-state index contributed by atoms with van der Waals surface area (Å²) in [5, 5.41) is 4.20. The molecule has 6 fully saturated rings. The Labute approximate surface area is 149 Å². The van der Waals surface area contributed by atoms with Gasteiger partial charge in [0.15, 0.2) is 5.78 Å². The minimum atomic E-state index is -0.344. The minimum Gasteiger partial charge on any atom is -0.317 e. The summed E-state index contributed by atoms with van der Waals surface area (Å²) in [6.45, 7) is 6.37. The van der Waals surface area contributed by atoms with Crippen molar-refractivity contribution in [1.82, 2.24) is 0 Å². The zero-order valence-corrected chi connectivity index (χ0v) is 15.6. The molecule has 4 heteroatoms. The second-order valence-electron chi connectivity index (χ2n) is 10.5. The third-order valence-electron chi connectivity index (χ3n) is 8.99. The topological polar surface area (TPSA) is 55.7 Å². The normalized spacial score (nSPS) is 50.7. The smallest absolute Gasteiger partial charge is 0.317 e. The van der Waals surface area contributed by atoms with Gasteiger partial charge in [0.05, 0.1) is 5.41 Å². The van der Waals surface area contributed by atoms with Gasteiger partial charge in [-0.2, -0.15) is 0 Å². The van der Waals surface area contributed by atoms with Gasteiger partial charge in [0.2, 0.25) is 0 Å². The zero-order valence-electron chi connectivity index (χ0n) is 15.6. The number of nitrogens with zero attached hydrogens (tertiary/aromatic N) is 1. The lowest BCUT2D eigenvalue weighted by Gasteiger charge is -2.54. The average Bonchev–Trinajstić information content (AvgIpc) is 2.84. The molecule has 0 spiro atoms. The van der Waals surface area contributed by atoms with E-state index in [-0.39, 0.29) is 33.9 Å². The predicted octanol–water partition coefficient (Wildman–Crippen LogP) is 4.13. The van der Waals surface area contributed by atoms with Crippen molar-refractivity contribution < 1.29 is 14.4 Å². The van der Waals surface area contributed by atoms with E-state index in [9.17, 15) is 9.59 Å². The first-order valence-electron chi connectivity index (χ1n) is 10.1. The fourth-order valence-electron chi connectivity index (χ4n) is 7.48. The summed E-state index contributed by atoms with van der Waals surface area (Å²) in [6.07, 6.45) is 8.72. The number of oxime groups is 1. The molecule has 0 aromatic carbocycles. The van der Waals surface area contributed by atoms with E-state index in [4.69, 9.17) is 4.84 Å². The number of hydrogen-bond donors (Lipinski definition) is 0. The molecule has 0 N–H and O–H groups in total. The first-order valence-corrected chi connectivity index (χ1v) is 10.1. The first kappa shape index (κ1) is 16.0. The van der Waals surface area contributed by atoms with Gasteiger partial charge in [-0.25, -0.2) is 4.79 Å². The predicted molar refractivity (Wildman–Crippen MR) is 93.8 cm³/mol. The molecule has 6 bridgehead atoms. The van der Waals surface area contributed by atoms with Crippen molar-refractivity contribution in [3.63, 3.8) is 0 Å². The van der Waals surface area contributed by atoms with Gasteiger partial charge in [0, 0.05) is 11.3 Å². The Morgan fingerprint density at radius 3 is 2.08 bits per heavy atom. The highest BCUT2D eigenvalue weighted by atomic mass is 16.7. The number of carbonyl (C=O) groups is 2. The lowest BCUT2D eigenvalue weighted by molar-refractivity contribution is -0.171. The van der Waals surface area contributed by atoms with Crippen LogP contribution in [0.4, 0.5) is 0 Å². The monoisotopic (exact) mass is 343 g/mol. The third-order valence-corrected chi connectivity index (χ3v) is 8.99. The van der Waals surface area contributed by atoms with Gasteiger partial charge in [-0.3, -0.25) is 4.79 Å². The lowest BCUT2D eigenvalue weighted by Crippen LogP contribution is -2.50. The van der Waals surface area contributed by atoms with E-state index in [1.165, 1.54) is 19.3 Å². The summed E-state index contributed by atoms with van der Waals surface area (Å²) in [4.78, 5) is 31.3. The second-order valence-corrected chi connectivity index (χ2v) is 10.5. The summed E-state index contributed by atoms with van der Waals surface area (Å²) in [7, 11) is 0. The van der Waals surface area contributed by atoms with Gasteiger partial charge in [-0.05, 0) is 74.5 Å². The molecule has 0 radical (unpaired) electrons. The van der Waals surface area contributed by atoms with Crippen LogP contribution in [0.15, 0.2) is 5.16 Å². The minimum absolute atomic E-state index is 0.0873. The van der Waals surface area contributed by atoms with Crippen molar-refractivity contribution in [2.45, 2.75) is 72.1 Å². The number of carbonyl (C=O) groups excluding carboxylic acids is 2. The van der Waals surface area contributed by atoms with E-state index >= 15 is 0 Å². The van der Waals surface area contributed by atoms with E-state index in [1.807, 2.05) is 0 Å². The maximum Gasteiger partial charge on any atom is 0.341 e. The van der Waals surface area contributed by atoms with Gasteiger partial charge in [0.1, 0.15) is 5.71 Å². The highest BCUT2D eigenvalue weighted by molar-refractivity contribution is 6.45. The van der Waals surface area contributed by atoms with Gasteiger partial charge in [-0.1, -0.05) is 25.9 Å². The summed E-state index contributed by atoms with van der Waals surface area (Å²) >= 11 is 0. The summed E-state index contributed by atoms with van der Waals surface area (Å²) in [5.74, 6) is 2.19. The Hall–Kier alpha value is -1.19. The van der Waals surface area contributed by atoms with E-state index in [1.54, 1.807) is 0 Å². The molecule has 0 aromatic heterocycles. The Morgan fingerprint density at radius 2 is 1.60 bits per heavy atom. The lowest BCUT2D eigenvalue weighted by atomic mass is 9.49. The Morgan fingerprint density at radius 1 is 1.04 bits per heavy atom. The van der Waals surface area contributed by atoms with Crippen LogP contribution in [0.3, 0.4) is 0 Å². The Kier molecular flexibility index (Phi) is 3.04. The molecule has 0 saturated heterocycles. The highest BCUT2D eigenvalue weighted by Gasteiger charge is 2.65. The van der Waals surface area contributed by atoms with Crippen LogP contribution in [-0.4, -0.2) is 17.5 Å². The molecule has 0 aliphatic heterocycles. The molecule has 6 rings (SSSR count). The van der Waals surface area contributed by atoms with Crippen molar-refractivity contribution >= 4 is 17.5 Å². The van der Waals surface area contributed by atoms with Gasteiger partial charge in [0.25, 0.3) is 0 Å². The molecule has 0 aromatic rings. The number of ketones is 1. The van der Waals surface area contributed by atoms with E-state index < -0.39 is 0 Å². The molecule has 6 aliphatic rings. The second kappa shape index (κ2) is 4.75.